The molecule has 0 bridgehead atoms. The van der Waals surface area contributed by atoms with Crippen LogP contribution in [0.25, 0.3) is 0 Å². The first-order chi connectivity index (χ1) is 10.3. The third-order valence-electron chi connectivity index (χ3n) is 3.66. The Bertz CT molecular complexity index is 633. The maximum absolute atomic E-state index is 12.3. The normalized spacial score (nSPS) is 17.6. The molecule has 0 radical (unpaired) electrons. The van der Waals surface area contributed by atoms with Gasteiger partial charge in [-0.15, -0.1) is 11.3 Å². The number of carbonyl (C=O) groups excluding carboxylic acids is 1. The van der Waals surface area contributed by atoms with Gasteiger partial charge in [-0.1, -0.05) is 19.8 Å². The number of amides is 1. The third-order valence-corrected chi connectivity index (χ3v) is 6.69. The van der Waals surface area contributed by atoms with Crippen LogP contribution >= 0.6 is 11.3 Å². The van der Waals surface area contributed by atoms with Crippen molar-refractivity contribution >= 4 is 27.3 Å². The number of carbonyl (C=O) groups is 1. The Kier molecular flexibility index (Phi) is 5.57. The molecule has 1 aromatic rings. The Morgan fingerprint density at radius 1 is 1.41 bits per heavy atom. The summed E-state index contributed by atoms with van der Waals surface area (Å²) in [7, 11) is -3.88. The number of nitrogens with zero attached hydrogens (tertiary/aromatic N) is 1. The molecule has 2 rings (SSSR count). The second-order valence-corrected chi connectivity index (χ2v) is 8.60. The molecule has 1 aliphatic rings. The van der Waals surface area contributed by atoms with Crippen molar-refractivity contribution in [2.24, 2.45) is 0 Å². The van der Waals surface area contributed by atoms with E-state index in [0.717, 1.165) is 37.0 Å². The molecular weight excluding hydrogens is 324 g/mol. The highest BCUT2D eigenvalue weighted by atomic mass is 32.2. The van der Waals surface area contributed by atoms with Gasteiger partial charge in [0.1, 0.15) is 6.10 Å². The molecule has 1 N–H and O–H groups in total. The van der Waals surface area contributed by atoms with E-state index in [1.165, 1.54) is 0 Å². The summed E-state index contributed by atoms with van der Waals surface area (Å²) in [5.41, 5.74) is 0.410. The average Bonchev–Trinajstić information content (AvgIpc) is 3.05. The van der Waals surface area contributed by atoms with Crippen molar-refractivity contribution in [1.29, 1.82) is 0 Å². The van der Waals surface area contributed by atoms with Gasteiger partial charge in [0.05, 0.1) is 16.8 Å². The fourth-order valence-corrected chi connectivity index (χ4v) is 5.10. The highest BCUT2D eigenvalue weighted by Crippen LogP contribution is 2.24. The number of thiazole rings is 1. The maximum atomic E-state index is 12.3. The summed E-state index contributed by atoms with van der Waals surface area (Å²) < 4.78 is 32.6. The molecule has 0 spiro atoms. The molecule has 0 unspecified atom stereocenters. The first kappa shape index (κ1) is 17.4. The van der Waals surface area contributed by atoms with E-state index < -0.39 is 22.0 Å². The summed E-state index contributed by atoms with van der Waals surface area (Å²) in [6.07, 6.45) is 3.84. The van der Waals surface area contributed by atoms with Crippen LogP contribution in [0.1, 0.15) is 49.7 Å². The van der Waals surface area contributed by atoms with Gasteiger partial charge in [0.25, 0.3) is 15.9 Å². The van der Waals surface area contributed by atoms with Gasteiger partial charge in [-0.3, -0.25) is 4.79 Å². The minimum Gasteiger partial charge on any atom is -0.365 e. The van der Waals surface area contributed by atoms with Crippen LogP contribution in [0.5, 0.6) is 0 Å². The average molecular weight is 346 g/mol. The van der Waals surface area contributed by atoms with Crippen LogP contribution in [0.15, 0.2) is 4.21 Å². The lowest BCUT2D eigenvalue weighted by molar-refractivity contribution is -0.134. The molecular formula is C14H22N2O4S2. The Morgan fingerprint density at radius 2 is 2.05 bits per heavy atom. The third kappa shape index (κ3) is 4.05. The summed E-state index contributed by atoms with van der Waals surface area (Å²) in [5, 5.41) is 0.652. The predicted molar refractivity (Wildman–Crippen MR) is 84.3 cm³/mol. The summed E-state index contributed by atoms with van der Waals surface area (Å²) in [5.74, 6) is -0.597. The lowest BCUT2D eigenvalue weighted by atomic mass is 10.2. The van der Waals surface area contributed by atoms with E-state index in [1.807, 2.05) is 6.92 Å². The lowest BCUT2D eigenvalue weighted by Gasteiger charge is -2.20. The van der Waals surface area contributed by atoms with Gasteiger partial charge in [0.2, 0.25) is 0 Å². The van der Waals surface area contributed by atoms with Crippen molar-refractivity contribution in [3.8, 4) is 0 Å². The smallest absolute Gasteiger partial charge is 0.275 e. The van der Waals surface area contributed by atoms with Crippen molar-refractivity contribution in [3.05, 3.63) is 10.7 Å². The van der Waals surface area contributed by atoms with E-state index in [0.29, 0.717) is 17.1 Å². The zero-order valence-corrected chi connectivity index (χ0v) is 14.7. The number of sulfonamides is 1. The van der Waals surface area contributed by atoms with Crippen molar-refractivity contribution in [1.82, 2.24) is 9.71 Å². The number of rotatable bonds is 6. The lowest BCUT2D eigenvalue weighted by Crippen LogP contribution is -2.41. The van der Waals surface area contributed by atoms with Crippen molar-refractivity contribution in [3.63, 3.8) is 0 Å². The highest BCUT2D eigenvalue weighted by molar-refractivity contribution is 7.92. The highest BCUT2D eigenvalue weighted by Gasteiger charge is 2.29. The van der Waals surface area contributed by atoms with Gasteiger partial charge in [0.15, 0.2) is 4.21 Å². The number of aromatic nitrogens is 1. The largest absolute Gasteiger partial charge is 0.365 e. The minimum absolute atomic E-state index is 0.0609. The molecule has 124 valence electrons. The van der Waals surface area contributed by atoms with Gasteiger partial charge in [0, 0.05) is 0 Å². The summed E-state index contributed by atoms with van der Waals surface area (Å²) in [4.78, 5) is 16.3. The maximum Gasteiger partial charge on any atom is 0.275 e. The van der Waals surface area contributed by atoms with Crippen LogP contribution in [0, 0.1) is 13.8 Å². The molecule has 0 saturated heterocycles. The molecule has 22 heavy (non-hydrogen) atoms. The predicted octanol–water partition coefficient (Wildman–Crippen LogP) is 2.30. The molecule has 1 aliphatic carbocycles. The SMILES string of the molecule is CC[C@H](OC1CCCC1)C(=O)NS(=O)(=O)c1sc(C)nc1C. The van der Waals surface area contributed by atoms with E-state index in [4.69, 9.17) is 4.74 Å². The first-order valence-electron chi connectivity index (χ1n) is 7.49. The number of nitrogens with one attached hydrogen (secondary N) is 1. The van der Waals surface area contributed by atoms with Gasteiger partial charge in [-0.05, 0) is 33.1 Å². The molecule has 1 saturated carbocycles. The Hall–Kier alpha value is -0.990. The van der Waals surface area contributed by atoms with Crippen LogP contribution in [-0.4, -0.2) is 31.5 Å². The Balaban J connectivity index is 2.06. The zero-order chi connectivity index (χ0) is 16.3. The molecule has 1 aromatic heterocycles. The standard InChI is InChI=1S/C14H22N2O4S2/c1-4-12(20-11-7-5-6-8-11)13(17)16-22(18,19)14-9(2)15-10(3)21-14/h11-12H,4-8H2,1-3H3,(H,16,17)/t12-/m0/s1. The van der Waals surface area contributed by atoms with Crippen molar-refractivity contribution in [2.45, 2.75) is 69.3 Å². The minimum atomic E-state index is -3.88. The van der Waals surface area contributed by atoms with Crippen LogP contribution in [0.4, 0.5) is 0 Å². The molecule has 0 aliphatic heterocycles. The van der Waals surface area contributed by atoms with Gasteiger partial charge in [-0.2, -0.15) is 0 Å². The molecule has 1 amide bonds. The van der Waals surface area contributed by atoms with Gasteiger partial charge >= 0.3 is 0 Å². The van der Waals surface area contributed by atoms with Crippen LogP contribution in [0.2, 0.25) is 0 Å². The number of aryl methyl sites for hydroxylation is 2. The van der Waals surface area contributed by atoms with Crippen LogP contribution in [-0.2, 0) is 19.6 Å². The molecule has 0 aromatic carbocycles. The quantitative estimate of drug-likeness (QED) is 0.854. The topological polar surface area (TPSA) is 85.4 Å². The fraction of sp³-hybridized carbons (Fsp3) is 0.714. The van der Waals surface area contributed by atoms with Crippen LogP contribution in [0.3, 0.4) is 0 Å². The summed E-state index contributed by atoms with van der Waals surface area (Å²) in [6.45, 7) is 5.17. The van der Waals surface area contributed by atoms with Crippen molar-refractivity contribution in [2.75, 3.05) is 0 Å². The number of hydrogen-bond acceptors (Lipinski definition) is 6. The van der Waals surface area contributed by atoms with E-state index in [9.17, 15) is 13.2 Å². The summed E-state index contributed by atoms with van der Waals surface area (Å²) >= 11 is 1.06. The van der Waals surface area contributed by atoms with Gasteiger partial charge in [-0.25, -0.2) is 18.1 Å². The zero-order valence-electron chi connectivity index (χ0n) is 13.1. The first-order valence-corrected chi connectivity index (χ1v) is 9.79. The fourth-order valence-electron chi connectivity index (χ4n) is 2.61. The van der Waals surface area contributed by atoms with E-state index in [-0.39, 0.29) is 10.3 Å². The van der Waals surface area contributed by atoms with E-state index in [2.05, 4.69) is 9.71 Å². The number of ether oxygens (including phenoxy) is 1. The molecule has 1 heterocycles. The molecule has 1 atom stereocenters. The Morgan fingerprint density at radius 3 is 2.55 bits per heavy atom. The second kappa shape index (κ2) is 7.06. The molecule has 1 fully saturated rings. The monoisotopic (exact) mass is 346 g/mol. The van der Waals surface area contributed by atoms with Crippen LogP contribution < -0.4 is 4.72 Å². The molecule has 8 heteroatoms. The Labute approximate surface area is 135 Å². The van der Waals surface area contributed by atoms with E-state index in [1.54, 1.807) is 13.8 Å². The second-order valence-electron chi connectivity index (χ2n) is 5.51. The van der Waals surface area contributed by atoms with E-state index >= 15 is 0 Å². The number of hydrogen-bond donors (Lipinski definition) is 1. The summed E-state index contributed by atoms with van der Waals surface area (Å²) in [6, 6.07) is 0. The van der Waals surface area contributed by atoms with Crippen molar-refractivity contribution < 1.29 is 17.9 Å². The van der Waals surface area contributed by atoms with Gasteiger partial charge < -0.3 is 4.74 Å². The molecule has 6 nitrogen and oxygen atoms in total.